The van der Waals surface area contributed by atoms with E-state index in [0.717, 1.165) is 31.2 Å². The molecule has 1 aromatic heterocycles. The third-order valence-corrected chi connectivity index (χ3v) is 4.10. The molecule has 3 nitrogen and oxygen atoms in total. The van der Waals surface area contributed by atoms with Crippen LogP contribution in [0.2, 0.25) is 0 Å². The van der Waals surface area contributed by atoms with Gasteiger partial charge in [-0.1, -0.05) is 0 Å². The molecule has 16 heavy (non-hydrogen) atoms. The maximum absolute atomic E-state index is 5.35. The van der Waals surface area contributed by atoms with Gasteiger partial charge in [-0.3, -0.25) is 0 Å². The first kappa shape index (κ1) is 11.8. The van der Waals surface area contributed by atoms with Crippen molar-refractivity contribution in [2.75, 3.05) is 26.8 Å². The molecule has 2 rings (SSSR count). The summed E-state index contributed by atoms with van der Waals surface area (Å²) in [5, 5.41) is 6.22. The average molecular weight is 256 g/mol. The minimum atomic E-state index is 0.692. The Balaban J connectivity index is 1.86. The van der Waals surface area contributed by atoms with E-state index in [0.29, 0.717) is 6.61 Å². The normalized spacial score (nSPS) is 14.7. The molecule has 0 fully saturated rings. The van der Waals surface area contributed by atoms with Crippen molar-refractivity contribution in [3.05, 3.63) is 21.9 Å². The summed E-state index contributed by atoms with van der Waals surface area (Å²) in [6, 6.07) is 2.20. The molecule has 0 saturated carbocycles. The number of fused-ring (bicyclic) bond motifs is 1. The monoisotopic (exact) mass is 256 g/mol. The molecule has 1 aromatic rings. The number of ether oxygens (including phenoxy) is 1. The van der Waals surface area contributed by atoms with Crippen LogP contribution >= 0.6 is 23.6 Å². The number of nitrogens with one attached hydrogen (secondary N) is 1. The number of thiophene rings is 1. The van der Waals surface area contributed by atoms with Crippen molar-refractivity contribution in [1.29, 1.82) is 0 Å². The van der Waals surface area contributed by atoms with Gasteiger partial charge in [0.2, 0.25) is 0 Å². The maximum atomic E-state index is 5.35. The summed E-state index contributed by atoms with van der Waals surface area (Å²) in [6.45, 7) is 3.43. The van der Waals surface area contributed by atoms with Gasteiger partial charge in [0.15, 0.2) is 5.11 Å². The predicted molar refractivity (Wildman–Crippen MR) is 70.9 cm³/mol. The molecule has 2 heterocycles. The topological polar surface area (TPSA) is 24.5 Å². The first-order valence-corrected chi connectivity index (χ1v) is 6.67. The molecular weight excluding hydrogens is 240 g/mol. The Morgan fingerprint density at radius 3 is 3.38 bits per heavy atom. The van der Waals surface area contributed by atoms with Gasteiger partial charge in [0.05, 0.1) is 6.61 Å². The lowest BCUT2D eigenvalue weighted by atomic mass is 10.1. The van der Waals surface area contributed by atoms with Gasteiger partial charge in [0.25, 0.3) is 0 Å². The molecule has 0 bridgehead atoms. The van der Waals surface area contributed by atoms with E-state index in [-0.39, 0.29) is 0 Å². The smallest absolute Gasteiger partial charge is 0.169 e. The fraction of sp³-hybridized carbons (Fsp3) is 0.545. The number of nitrogens with zero attached hydrogens (tertiary/aromatic N) is 1. The summed E-state index contributed by atoms with van der Waals surface area (Å²) in [6.07, 6.45) is 1.11. The van der Waals surface area contributed by atoms with Crippen LogP contribution in [-0.4, -0.2) is 36.8 Å². The molecular formula is C11H16N2OS2. The standard InChI is InChI=1S/C11H16N2OS2/c1-14-6-4-12-11(15)13-5-2-10-9(8-13)3-7-16-10/h3,7H,2,4-6,8H2,1H3,(H,12,15). The lowest BCUT2D eigenvalue weighted by Gasteiger charge is -2.29. The summed E-state index contributed by atoms with van der Waals surface area (Å²) >= 11 is 7.20. The Morgan fingerprint density at radius 2 is 2.56 bits per heavy atom. The molecule has 1 aliphatic heterocycles. The quantitative estimate of drug-likeness (QED) is 0.656. The van der Waals surface area contributed by atoms with Gasteiger partial charge in [-0.15, -0.1) is 11.3 Å². The molecule has 5 heteroatoms. The Hall–Kier alpha value is -0.650. The van der Waals surface area contributed by atoms with Crippen molar-refractivity contribution < 1.29 is 4.74 Å². The summed E-state index contributed by atoms with van der Waals surface area (Å²) < 4.78 is 4.98. The van der Waals surface area contributed by atoms with E-state index in [1.54, 1.807) is 7.11 Å². The first-order valence-electron chi connectivity index (χ1n) is 5.38. The van der Waals surface area contributed by atoms with Crippen molar-refractivity contribution in [2.24, 2.45) is 0 Å². The Bertz CT molecular complexity index is 365. The molecule has 0 amide bonds. The van der Waals surface area contributed by atoms with Gasteiger partial charge in [-0.05, 0) is 35.6 Å². The molecule has 1 aliphatic rings. The van der Waals surface area contributed by atoms with Gasteiger partial charge in [-0.25, -0.2) is 0 Å². The minimum Gasteiger partial charge on any atom is -0.383 e. The van der Waals surface area contributed by atoms with Crippen molar-refractivity contribution in [3.8, 4) is 0 Å². The fourth-order valence-electron chi connectivity index (χ4n) is 1.79. The highest BCUT2D eigenvalue weighted by Crippen LogP contribution is 2.23. The van der Waals surface area contributed by atoms with E-state index in [1.807, 2.05) is 11.3 Å². The number of hydrogen-bond acceptors (Lipinski definition) is 3. The first-order chi connectivity index (χ1) is 7.81. The Morgan fingerprint density at radius 1 is 1.69 bits per heavy atom. The van der Waals surface area contributed by atoms with Crippen molar-refractivity contribution in [3.63, 3.8) is 0 Å². The molecule has 0 unspecified atom stereocenters. The van der Waals surface area contributed by atoms with Crippen LogP contribution in [0.15, 0.2) is 11.4 Å². The van der Waals surface area contributed by atoms with Gasteiger partial charge in [-0.2, -0.15) is 0 Å². The number of methoxy groups -OCH3 is 1. The third-order valence-electron chi connectivity index (χ3n) is 2.68. The minimum absolute atomic E-state index is 0.692. The van der Waals surface area contributed by atoms with Crippen molar-refractivity contribution in [1.82, 2.24) is 10.2 Å². The number of rotatable bonds is 3. The van der Waals surface area contributed by atoms with Crippen molar-refractivity contribution in [2.45, 2.75) is 13.0 Å². The molecule has 0 spiro atoms. The number of hydrogen-bond donors (Lipinski definition) is 1. The van der Waals surface area contributed by atoms with E-state index in [2.05, 4.69) is 21.7 Å². The van der Waals surface area contributed by atoms with Gasteiger partial charge in [0, 0.05) is 31.6 Å². The Kier molecular flexibility index (Phi) is 4.15. The zero-order chi connectivity index (χ0) is 11.4. The van der Waals surface area contributed by atoms with Crippen LogP contribution in [0.1, 0.15) is 10.4 Å². The zero-order valence-corrected chi connectivity index (χ0v) is 11.0. The van der Waals surface area contributed by atoms with Crippen LogP contribution in [0.3, 0.4) is 0 Å². The molecule has 0 aliphatic carbocycles. The lowest BCUT2D eigenvalue weighted by molar-refractivity contribution is 0.202. The Labute approximate surface area is 105 Å². The second-order valence-electron chi connectivity index (χ2n) is 3.77. The highest BCUT2D eigenvalue weighted by Gasteiger charge is 2.18. The number of thiocarbonyl (C=S) groups is 1. The summed E-state index contributed by atoms with van der Waals surface area (Å²) in [5.41, 5.74) is 1.42. The molecule has 0 atom stereocenters. The second-order valence-corrected chi connectivity index (χ2v) is 5.15. The van der Waals surface area contributed by atoms with Gasteiger partial charge < -0.3 is 15.0 Å². The molecule has 1 N–H and O–H groups in total. The maximum Gasteiger partial charge on any atom is 0.169 e. The predicted octanol–water partition coefficient (Wildman–Crippen LogP) is 1.63. The molecule has 0 aromatic carbocycles. The fourth-order valence-corrected chi connectivity index (χ4v) is 2.94. The average Bonchev–Trinajstić information content (AvgIpc) is 2.76. The highest BCUT2D eigenvalue weighted by atomic mass is 32.1. The van der Waals surface area contributed by atoms with Crippen LogP contribution < -0.4 is 5.32 Å². The second kappa shape index (κ2) is 5.61. The lowest BCUT2D eigenvalue weighted by Crippen LogP contribution is -2.43. The van der Waals surface area contributed by atoms with E-state index in [9.17, 15) is 0 Å². The van der Waals surface area contributed by atoms with Crippen LogP contribution in [0.5, 0.6) is 0 Å². The van der Waals surface area contributed by atoms with E-state index >= 15 is 0 Å². The third kappa shape index (κ3) is 2.72. The van der Waals surface area contributed by atoms with Crippen LogP contribution in [0.25, 0.3) is 0 Å². The van der Waals surface area contributed by atoms with E-state index in [1.165, 1.54) is 10.4 Å². The van der Waals surface area contributed by atoms with Crippen LogP contribution in [-0.2, 0) is 17.7 Å². The van der Waals surface area contributed by atoms with Crippen LogP contribution in [0, 0.1) is 0 Å². The zero-order valence-electron chi connectivity index (χ0n) is 9.36. The molecule has 0 radical (unpaired) electrons. The molecule has 88 valence electrons. The summed E-state index contributed by atoms with van der Waals surface area (Å²) in [5.74, 6) is 0. The summed E-state index contributed by atoms with van der Waals surface area (Å²) in [7, 11) is 1.70. The highest BCUT2D eigenvalue weighted by molar-refractivity contribution is 7.80. The van der Waals surface area contributed by atoms with E-state index in [4.69, 9.17) is 17.0 Å². The largest absolute Gasteiger partial charge is 0.383 e. The van der Waals surface area contributed by atoms with Crippen LogP contribution in [0.4, 0.5) is 0 Å². The van der Waals surface area contributed by atoms with Crippen molar-refractivity contribution >= 4 is 28.7 Å². The van der Waals surface area contributed by atoms with E-state index < -0.39 is 0 Å². The van der Waals surface area contributed by atoms with Gasteiger partial charge in [0.1, 0.15) is 0 Å². The van der Waals surface area contributed by atoms with Gasteiger partial charge >= 0.3 is 0 Å². The summed E-state index contributed by atoms with van der Waals surface area (Å²) in [4.78, 5) is 3.73. The molecule has 0 saturated heterocycles. The SMILES string of the molecule is COCCNC(=S)N1CCc2sccc2C1.